The maximum absolute atomic E-state index is 12.3. The Morgan fingerprint density at radius 2 is 1.80 bits per heavy atom. The van der Waals surface area contributed by atoms with E-state index >= 15 is 0 Å². The van der Waals surface area contributed by atoms with Crippen molar-refractivity contribution in [2.24, 2.45) is 0 Å². The van der Waals surface area contributed by atoms with Gasteiger partial charge in [0.1, 0.15) is 5.92 Å². The van der Waals surface area contributed by atoms with Crippen molar-refractivity contribution in [2.45, 2.75) is 18.9 Å². The highest BCUT2D eigenvalue weighted by Crippen LogP contribution is 2.44. The molecule has 0 fully saturated rings. The number of benzene rings is 2. The fourth-order valence-electron chi connectivity index (χ4n) is 2.76. The van der Waals surface area contributed by atoms with E-state index in [2.05, 4.69) is 5.32 Å². The molecular formula is C17H17NO2. The second-order valence-electron chi connectivity index (χ2n) is 4.85. The van der Waals surface area contributed by atoms with Crippen LogP contribution in [-0.4, -0.2) is 12.6 Å². The lowest BCUT2D eigenvalue weighted by Crippen LogP contribution is -2.21. The third-order valence-electron chi connectivity index (χ3n) is 3.64. The first kappa shape index (κ1) is 12.7. The van der Waals surface area contributed by atoms with E-state index in [1.165, 1.54) is 0 Å². The van der Waals surface area contributed by atoms with Crippen LogP contribution < -0.4 is 5.32 Å². The van der Waals surface area contributed by atoms with E-state index in [0.717, 1.165) is 16.8 Å². The summed E-state index contributed by atoms with van der Waals surface area (Å²) in [4.78, 5) is 12.3. The fraction of sp³-hybridized carbons (Fsp3) is 0.235. The van der Waals surface area contributed by atoms with Gasteiger partial charge in [-0.05, 0) is 24.1 Å². The van der Waals surface area contributed by atoms with Crippen LogP contribution >= 0.6 is 0 Å². The molecule has 1 aliphatic rings. The first-order valence-corrected chi connectivity index (χ1v) is 6.88. The number of ether oxygens (including phenoxy) is 1. The van der Waals surface area contributed by atoms with E-state index in [9.17, 15) is 4.79 Å². The molecule has 0 saturated carbocycles. The lowest BCUT2D eigenvalue weighted by Gasteiger charge is -2.19. The van der Waals surface area contributed by atoms with Gasteiger partial charge in [0, 0.05) is 5.69 Å². The molecule has 2 aromatic rings. The zero-order valence-corrected chi connectivity index (χ0v) is 11.4. The third kappa shape index (κ3) is 2.16. The summed E-state index contributed by atoms with van der Waals surface area (Å²) >= 11 is 0. The summed E-state index contributed by atoms with van der Waals surface area (Å²) in [7, 11) is 0. The second-order valence-corrected chi connectivity index (χ2v) is 4.85. The number of rotatable bonds is 3. The van der Waals surface area contributed by atoms with Crippen LogP contribution in [0.2, 0.25) is 0 Å². The minimum absolute atomic E-state index is 0.0624. The molecule has 3 nitrogen and oxygen atoms in total. The van der Waals surface area contributed by atoms with Gasteiger partial charge in [-0.3, -0.25) is 4.79 Å². The Labute approximate surface area is 118 Å². The van der Waals surface area contributed by atoms with Crippen LogP contribution in [0, 0.1) is 0 Å². The van der Waals surface area contributed by atoms with E-state index < -0.39 is 0 Å². The van der Waals surface area contributed by atoms with Crippen molar-refractivity contribution in [3.05, 3.63) is 65.7 Å². The molecule has 1 N–H and O–H groups in total. The Bertz CT molecular complexity index is 609. The van der Waals surface area contributed by atoms with E-state index in [1.54, 1.807) is 0 Å². The van der Waals surface area contributed by atoms with Gasteiger partial charge in [-0.2, -0.15) is 0 Å². The molecule has 0 bridgehead atoms. The molecule has 1 aliphatic heterocycles. The summed E-state index contributed by atoms with van der Waals surface area (Å²) < 4.78 is 5.26. The minimum Gasteiger partial charge on any atom is -0.465 e. The fourth-order valence-corrected chi connectivity index (χ4v) is 2.76. The lowest BCUT2D eigenvalue weighted by atomic mass is 9.90. The topological polar surface area (TPSA) is 38.3 Å². The molecule has 3 heteroatoms. The van der Waals surface area contributed by atoms with Crippen LogP contribution in [0.3, 0.4) is 0 Å². The summed E-state index contributed by atoms with van der Waals surface area (Å²) in [5.41, 5.74) is 3.13. The number of fused-ring (bicyclic) bond motifs is 1. The quantitative estimate of drug-likeness (QED) is 0.865. The molecule has 0 amide bonds. The van der Waals surface area contributed by atoms with Crippen molar-refractivity contribution in [3.8, 4) is 0 Å². The summed E-state index contributed by atoms with van der Waals surface area (Å²) in [6.45, 7) is 2.24. The smallest absolute Gasteiger partial charge is 0.315 e. The second kappa shape index (κ2) is 5.37. The molecule has 0 radical (unpaired) electrons. The highest BCUT2D eigenvalue weighted by atomic mass is 16.5. The lowest BCUT2D eigenvalue weighted by molar-refractivity contribution is -0.145. The van der Waals surface area contributed by atoms with Crippen molar-refractivity contribution >= 4 is 11.7 Å². The SMILES string of the molecule is CCOC(=O)C1c2ccccc2NC1c1ccccc1. The predicted octanol–water partition coefficient (Wildman–Crippen LogP) is 3.50. The normalized spacial score (nSPS) is 20.1. The number of nitrogens with one attached hydrogen (secondary N) is 1. The summed E-state index contributed by atoms with van der Waals surface area (Å²) in [6, 6.07) is 17.9. The number of carbonyl (C=O) groups excluding carboxylic acids is 1. The van der Waals surface area contributed by atoms with Gasteiger partial charge >= 0.3 is 5.97 Å². The standard InChI is InChI=1S/C17H17NO2/c1-2-20-17(19)15-13-10-6-7-11-14(13)18-16(15)12-8-4-3-5-9-12/h3-11,15-16,18H,2H2,1H3. The maximum Gasteiger partial charge on any atom is 0.315 e. The van der Waals surface area contributed by atoms with Crippen LogP contribution in [0.15, 0.2) is 54.6 Å². The number of anilines is 1. The molecule has 0 aromatic heterocycles. The zero-order valence-electron chi connectivity index (χ0n) is 11.4. The third-order valence-corrected chi connectivity index (χ3v) is 3.64. The van der Waals surface area contributed by atoms with Crippen molar-refractivity contribution < 1.29 is 9.53 Å². The predicted molar refractivity (Wildman–Crippen MR) is 78.6 cm³/mol. The highest BCUT2D eigenvalue weighted by Gasteiger charge is 2.38. The van der Waals surface area contributed by atoms with Crippen LogP contribution in [0.4, 0.5) is 5.69 Å². The van der Waals surface area contributed by atoms with Gasteiger partial charge in [0.2, 0.25) is 0 Å². The number of esters is 1. The molecule has 2 unspecified atom stereocenters. The zero-order chi connectivity index (χ0) is 13.9. The van der Waals surface area contributed by atoms with E-state index in [1.807, 2.05) is 61.5 Å². The first-order chi connectivity index (χ1) is 9.81. The van der Waals surface area contributed by atoms with Gasteiger partial charge in [-0.1, -0.05) is 48.5 Å². The van der Waals surface area contributed by atoms with Gasteiger partial charge in [0.15, 0.2) is 0 Å². The number of hydrogen-bond acceptors (Lipinski definition) is 3. The Kier molecular flexibility index (Phi) is 3.42. The van der Waals surface area contributed by atoms with Crippen molar-refractivity contribution in [1.29, 1.82) is 0 Å². The largest absolute Gasteiger partial charge is 0.465 e. The average Bonchev–Trinajstić information content (AvgIpc) is 2.88. The van der Waals surface area contributed by atoms with Crippen LogP contribution in [-0.2, 0) is 9.53 Å². The van der Waals surface area contributed by atoms with Crippen molar-refractivity contribution in [1.82, 2.24) is 0 Å². The van der Waals surface area contributed by atoms with Gasteiger partial charge < -0.3 is 10.1 Å². The van der Waals surface area contributed by atoms with E-state index in [4.69, 9.17) is 4.74 Å². The van der Waals surface area contributed by atoms with Gasteiger partial charge in [0.05, 0.1) is 12.6 Å². The van der Waals surface area contributed by atoms with Crippen LogP contribution in [0.5, 0.6) is 0 Å². The average molecular weight is 267 g/mol. The van der Waals surface area contributed by atoms with Gasteiger partial charge in [-0.15, -0.1) is 0 Å². The molecule has 2 aromatic carbocycles. The molecular weight excluding hydrogens is 250 g/mol. The molecule has 3 rings (SSSR count). The summed E-state index contributed by atoms with van der Waals surface area (Å²) in [5.74, 6) is -0.452. The molecule has 2 atom stereocenters. The number of carbonyl (C=O) groups is 1. The number of para-hydroxylation sites is 1. The van der Waals surface area contributed by atoms with Crippen LogP contribution in [0.1, 0.15) is 30.0 Å². The molecule has 0 saturated heterocycles. The maximum atomic E-state index is 12.3. The van der Waals surface area contributed by atoms with E-state index in [0.29, 0.717) is 6.61 Å². The minimum atomic E-state index is -0.284. The Morgan fingerprint density at radius 3 is 2.55 bits per heavy atom. The number of hydrogen-bond donors (Lipinski definition) is 1. The molecule has 102 valence electrons. The van der Waals surface area contributed by atoms with Crippen LogP contribution in [0.25, 0.3) is 0 Å². The summed E-state index contributed by atoms with van der Waals surface area (Å²) in [5, 5.41) is 3.44. The van der Waals surface area contributed by atoms with Crippen molar-refractivity contribution in [2.75, 3.05) is 11.9 Å². The van der Waals surface area contributed by atoms with Crippen molar-refractivity contribution in [3.63, 3.8) is 0 Å². The molecule has 1 heterocycles. The van der Waals surface area contributed by atoms with E-state index in [-0.39, 0.29) is 17.9 Å². The van der Waals surface area contributed by atoms with Gasteiger partial charge in [-0.25, -0.2) is 0 Å². The Morgan fingerprint density at radius 1 is 1.10 bits per heavy atom. The Balaban J connectivity index is 2.01. The monoisotopic (exact) mass is 267 g/mol. The summed E-state index contributed by atoms with van der Waals surface area (Å²) in [6.07, 6.45) is 0. The molecule has 0 aliphatic carbocycles. The highest BCUT2D eigenvalue weighted by molar-refractivity contribution is 5.85. The Hall–Kier alpha value is -2.29. The molecule has 0 spiro atoms. The first-order valence-electron chi connectivity index (χ1n) is 6.88. The van der Waals surface area contributed by atoms with Gasteiger partial charge in [0.25, 0.3) is 0 Å². The molecule has 20 heavy (non-hydrogen) atoms.